The van der Waals surface area contributed by atoms with Gasteiger partial charge in [-0.1, -0.05) is 48.5 Å². The lowest BCUT2D eigenvalue weighted by Crippen LogP contribution is -2.49. The van der Waals surface area contributed by atoms with Gasteiger partial charge in [0.15, 0.2) is 0 Å². The van der Waals surface area contributed by atoms with Crippen LogP contribution < -0.4 is 10.9 Å². The quantitative estimate of drug-likeness (QED) is 0.593. The van der Waals surface area contributed by atoms with E-state index in [1.807, 2.05) is 36.4 Å². The maximum atomic E-state index is 14.0. The highest BCUT2D eigenvalue weighted by molar-refractivity contribution is 5.88. The molecular formula is C27H26FN3O4. The van der Waals surface area contributed by atoms with Gasteiger partial charge in [0.05, 0.1) is 6.04 Å². The number of rotatable bonds is 5. The molecule has 2 amide bonds. The number of pyridine rings is 1. The van der Waals surface area contributed by atoms with Crippen LogP contribution in [0.4, 0.5) is 4.39 Å². The van der Waals surface area contributed by atoms with Crippen molar-refractivity contribution in [3.63, 3.8) is 0 Å². The number of nitrogens with one attached hydrogen (secondary N) is 1. The van der Waals surface area contributed by atoms with Crippen LogP contribution in [0.15, 0.2) is 71.5 Å². The van der Waals surface area contributed by atoms with E-state index in [9.17, 15) is 23.9 Å². The molecule has 1 aromatic heterocycles. The molecule has 5 rings (SSSR count). The molecule has 2 N–H and O–H groups in total. The molecule has 3 aromatic rings. The Balaban J connectivity index is 1.48. The molecule has 1 saturated heterocycles. The average molecular weight is 476 g/mol. The summed E-state index contributed by atoms with van der Waals surface area (Å²) in [7, 11) is 0. The maximum absolute atomic E-state index is 14.0. The van der Waals surface area contributed by atoms with Gasteiger partial charge in [0.1, 0.15) is 11.9 Å². The van der Waals surface area contributed by atoms with Gasteiger partial charge in [-0.3, -0.25) is 14.4 Å². The number of hydrogen-bond donors (Lipinski definition) is 2. The topological polar surface area (TPSA) is 91.6 Å². The summed E-state index contributed by atoms with van der Waals surface area (Å²) in [6.45, 7) is 1.33. The molecule has 1 fully saturated rings. The molecule has 4 atom stereocenters. The molecule has 0 unspecified atom stereocenters. The van der Waals surface area contributed by atoms with Crippen molar-refractivity contribution >= 4 is 11.8 Å². The minimum atomic E-state index is -0.920. The molecule has 180 valence electrons. The van der Waals surface area contributed by atoms with Crippen LogP contribution >= 0.6 is 0 Å². The summed E-state index contributed by atoms with van der Waals surface area (Å²) in [5.74, 6) is -2.07. The van der Waals surface area contributed by atoms with E-state index in [0.29, 0.717) is 23.4 Å². The lowest BCUT2D eigenvalue weighted by Gasteiger charge is -2.30. The normalized spacial score (nSPS) is 22.5. The predicted molar refractivity (Wildman–Crippen MR) is 127 cm³/mol. The van der Waals surface area contributed by atoms with Crippen LogP contribution in [-0.2, 0) is 22.7 Å². The van der Waals surface area contributed by atoms with Crippen molar-refractivity contribution in [3.8, 4) is 11.1 Å². The first-order valence-electron chi connectivity index (χ1n) is 11.6. The van der Waals surface area contributed by atoms with Crippen LogP contribution in [0.2, 0.25) is 0 Å². The molecular weight excluding hydrogens is 449 g/mol. The zero-order chi connectivity index (χ0) is 24.7. The van der Waals surface area contributed by atoms with Crippen molar-refractivity contribution in [2.75, 3.05) is 6.61 Å². The number of benzene rings is 2. The van der Waals surface area contributed by atoms with E-state index < -0.39 is 29.7 Å². The molecule has 0 bridgehead atoms. The minimum Gasteiger partial charge on any atom is -0.396 e. The second-order valence-electron chi connectivity index (χ2n) is 9.09. The SMILES string of the molecule is CC(=O)N1[C@@H]2c3ccc(-c4ccccc4)c(=O)n3C[C@@H]2[C@@H](CO)[C@@H]1C(=O)NCc1ccccc1F. The van der Waals surface area contributed by atoms with Gasteiger partial charge in [0.25, 0.3) is 5.56 Å². The fourth-order valence-electron chi connectivity index (χ4n) is 5.61. The number of hydrogen-bond acceptors (Lipinski definition) is 4. The summed E-state index contributed by atoms with van der Waals surface area (Å²) in [5, 5.41) is 13.0. The first-order chi connectivity index (χ1) is 16.9. The molecule has 2 aliphatic heterocycles. The first-order valence-corrected chi connectivity index (χ1v) is 11.6. The number of carbonyl (C=O) groups excluding carboxylic acids is 2. The molecule has 0 radical (unpaired) electrons. The van der Waals surface area contributed by atoms with Crippen LogP contribution in [0, 0.1) is 17.7 Å². The number of nitrogens with zero attached hydrogens (tertiary/aromatic N) is 2. The molecule has 0 saturated carbocycles. The average Bonchev–Trinajstić information content (AvgIpc) is 3.39. The number of aliphatic hydroxyl groups excluding tert-OH is 1. The molecule has 2 aliphatic rings. The number of aliphatic hydroxyl groups is 1. The van der Waals surface area contributed by atoms with E-state index in [4.69, 9.17) is 0 Å². The molecule has 8 heteroatoms. The van der Waals surface area contributed by atoms with E-state index in [-0.39, 0.29) is 30.5 Å². The van der Waals surface area contributed by atoms with Crippen LogP contribution in [0.1, 0.15) is 24.2 Å². The van der Waals surface area contributed by atoms with Crippen LogP contribution in [0.25, 0.3) is 11.1 Å². The lowest BCUT2D eigenvalue weighted by molar-refractivity contribution is -0.140. The standard InChI is InChI=1S/C27H26FN3O4/c1-16(33)31-24-20(14-30-23(24)12-11-19(27(30)35)17-7-3-2-4-8-17)21(15-32)25(31)26(34)29-13-18-9-5-6-10-22(18)28/h2-12,20-21,24-25,32H,13-15H2,1H3,(H,29,34)/t20-,21-,24+,25-/m1/s1. The summed E-state index contributed by atoms with van der Waals surface area (Å²) in [6, 6.07) is 17.7. The number of halogens is 1. The van der Waals surface area contributed by atoms with Crippen molar-refractivity contribution in [2.45, 2.75) is 32.1 Å². The molecule has 0 aliphatic carbocycles. The van der Waals surface area contributed by atoms with E-state index >= 15 is 0 Å². The maximum Gasteiger partial charge on any atom is 0.258 e. The van der Waals surface area contributed by atoms with Crippen LogP contribution in [0.5, 0.6) is 0 Å². The largest absolute Gasteiger partial charge is 0.396 e. The molecule has 3 heterocycles. The number of aromatic nitrogens is 1. The van der Waals surface area contributed by atoms with E-state index in [2.05, 4.69) is 5.32 Å². The Kier molecular flexibility index (Phi) is 5.98. The van der Waals surface area contributed by atoms with Gasteiger partial charge in [-0.05, 0) is 23.8 Å². The highest BCUT2D eigenvalue weighted by atomic mass is 19.1. The smallest absolute Gasteiger partial charge is 0.258 e. The third-order valence-electron chi connectivity index (χ3n) is 7.20. The zero-order valence-corrected chi connectivity index (χ0v) is 19.2. The molecule has 0 spiro atoms. The first kappa shape index (κ1) is 23.0. The number of likely N-dealkylation sites (tertiary alicyclic amines) is 1. The fourth-order valence-corrected chi connectivity index (χ4v) is 5.61. The summed E-state index contributed by atoms with van der Waals surface area (Å²) in [6.07, 6.45) is 0. The van der Waals surface area contributed by atoms with Gasteiger partial charge in [-0.2, -0.15) is 0 Å². The van der Waals surface area contributed by atoms with Gasteiger partial charge >= 0.3 is 0 Å². The number of fused-ring (bicyclic) bond motifs is 3. The van der Waals surface area contributed by atoms with Gasteiger partial charge < -0.3 is 19.9 Å². The van der Waals surface area contributed by atoms with Gasteiger partial charge in [0.2, 0.25) is 11.8 Å². The van der Waals surface area contributed by atoms with Crippen molar-refractivity contribution < 1.29 is 19.1 Å². The Morgan fingerprint density at radius 3 is 2.46 bits per heavy atom. The highest BCUT2D eigenvalue weighted by Gasteiger charge is 2.56. The summed E-state index contributed by atoms with van der Waals surface area (Å²) >= 11 is 0. The van der Waals surface area contributed by atoms with Crippen molar-refractivity contribution in [1.29, 1.82) is 0 Å². The van der Waals surface area contributed by atoms with Gasteiger partial charge in [0, 0.05) is 55.3 Å². The Morgan fingerprint density at radius 1 is 1.06 bits per heavy atom. The Hall–Kier alpha value is -3.78. The Morgan fingerprint density at radius 2 is 1.77 bits per heavy atom. The molecule has 2 aromatic carbocycles. The summed E-state index contributed by atoms with van der Waals surface area (Å²) < 4.78 is 15.7. The van der Waals surface area contributed by atoms with Crippen molar-refractivity contribution in [1.82, 2.24) is 14.8 Å². The fraction of sp³-hybridized carbons (Fsp3) is 0.296. The van der Waals surface area contributed by atoms with Crippen molar-refractivity contribution in [3.05, 3.63) is 94.2 Å². The molecule has 35 heavy (non-hydrogen) atoms. The number of amides is 2. The Bertz CT molecular complexity index is 1340. The number of carbonyl (C=O) groups is 2. The van der Waals surface area contributed by atoms with E-state index in [0.717, 1.165) is 5.56 Å². The van der Waals surface area contributed by atoms with E-state index in [1.165, 1.54) is 17.9 Å². The van der Waals surface area contributed by atoms with Gasteiger partial charge in [-0.15, -0.1) is 0 Å². The molecule has 7 nitrogen and oxygen atoms in total. The summed E-state index contributed by atoms with van der Waals surface area (Å²) in [4.78, 5) is 40.9. The second-order valence-corrected chi connectivity index (χ2v) is 9.09. The summed E-state index contributed by atoms with van der Waals surface area (Å²) in [5.41, 5.74) is 2.18. The lowest BCUT2D eigenvalue weighted by atomic mass is 9.88. The highest BCUT2D eigenvalue weighted by Crippen LogP contribution is 2.49. The monoisotopic (exact) mass is 475 g/mol. The second kappa shape index (κ2) is 9.11. The van der Waals surface area contributed by atoms with Crippen LogP contribution in [0.3, 0.4) is 0 Å². The Labute approximate surface area is 201 Å². The van der Waals surface area contributed by atoms with E-state index in [1.54, 1.807) is 28.8 Å². The minimum absolute atomic E-state index is 0.0300. The third kappa shape index (κ3) is 3.83. The van der Waals surface area contributed by atoms with Gasteiger partial charge in [-0.25, -0.2) is 4.39 Å². The predicted octanol–water partition coefficient (Wildman–Crippen LogP) is 2.48. The zero-order valence-electron chi connectivity index (χ0n) is 19.2. The van der Waals surface area contributed by atoms with Crippen molar-refractivity contribution in [2.24, 2.45) is 11.8 Å². The van der Waals surface area contributed by atoms with Crippen LogP contribution in [-0.4, -0.2) is 39.0 Å². The third-order valence-corrected chi connectivity index (χ3v) is 7.20.